The van der Waals surface area contributed by atoms with Gasteiger partial charge in [0.15, 0.2) is 0 Å². The van der Waals surface area contributed by atoms with Crippen molar-refractivity contribution in [2.45, 2.75) is 267 Å². The maximum atomic E-state index is 11.7. The lowest BCUT2D eigenvalue weighted by Crippen LogP contribution is -2.55. The van der Waals surface area contributed by atoms with Crippen LogP contribution in [0.3, 0.4) is 0 Å². The second kappa shape index (κ2) is 29.8. The predicted molar refractivity (Wildman–Crippen MR) is 323 cm³/mol. The molecule has 482 valence electrons. The average Bonchev–Trinajstić information content (AvgIpc) is 3.85. The van der Waals surface area contributed by atoms with Crippen molar-refractivity contribution in [3.8, 4) is 0 Å². The van der Waals surface area contributed by atoms with Gasteiger partial charge in [-0.05, 0) is 112 Å². The van der Waals surface area contributed by atoms with Crippen LogP contribution in [-0.4, -0.2) is 174 Å². The summed E-state index contributed by atoms with van der Waals surface area (Å²) in [4.78, 5) is 0. The van der Waals surface area contributed by atoms with Crippen molar-refractivity contribution in [2.24, 2.45) is 17.8 Å². The van der Waals surface area contributed by atoms with E-state index in [9.17, 15) is 25.3 Å². The van der Waals surface area contributed by atoms with E-state index in [1.54, 1.807) is 21.3 Å². The Kier molecular flexibility index (Phi) is 25.8. The number of rotatable bonds is 27. The second-order valence-electron chi connectivity index (χ2n) is 25.2. The molecule has 0 aromatic heterocycles. The fourth-order valence-corrected chi connectivity index (χ4v) is 15.8. The molecule has 6 aliphatic heterocycles. The van der Waals surface area contributed by atoms with Crippen LogP contribution in [0.25, 0.3) is 0 Å². The van der Waals surface area contributed by atoms with Crippen LogP contribution in [0, 0.1) is 17.8 Å². The van der Waals surface area contributed by atoms with Crippen LogP contribution in [-0.2, 0) is 85.5 Å². The van der Waals surface area contributed by atoms with Crippen molar-refractivity contribution in [1.29, 1.82) is 0 Å². The van der Waals surface area contributed by atoms with Crippen molar-refractivity contribution >= 4 is 30.4 Å². The van der Waals surface area contributed by atoms with Gasteiger partial charge in [0.05, 0.1) is 110 Å². The zero-order valence-electron chi connectivity index (χ0n) is 52.0. The smallest absolute Gasteiger partial charge is 0.264 e. The molecule has 3 saturated carbocycles. The molecule has 3 aliphatic carbocycles. The summed E-state index contributed by atoms with van der Waals surface area (Å²) < 4.78 is 139. The van der Waals surface area contributed by atoms with Gasteiger partial charge in [-0.2, -0.15) is 25.3 Å². The second-order valence-corrected chi connectivity index (χ2v) is 30.0. The molecule has 6 heterocycles. The van der Waals surface area contributed by atoms with E-state index in [-0.39, 0.29) is 95.4 Å². The summed E-state index contributed by atoms with van der Waals surface area (Å²) in [6, 6.07) is 0. The summed E-state index contributed by atoms with van der Waals surface area (Å²) >= 11 is 0. The number of unbranched alkanes of at least 4 members (excludes halogenated alkanes) is 6. The Morgan fingerprint density at radius 2 is 0.795 bits per heavy atom. The summed E-state index contributed by atoms with van der Waals surface area (Å²) in [5, 5.41) is 0. The highest BCUT2D eigenvalue weighted by Crippen LogP contribution is 2.62. The summed E-state index contributed by atoms with van der Waals surface area (Å²) in [6.45, 7) is 22.6. The largest absolute Gasteiger partial charge is 0.378 e. The van der Waals surface area contributed by atoms with Gasteiger partial charge in [-0.25, -0.2) is 0 Å². The molecule has 83 heavy (non-hydrogen) atoms. The molecular formula is C62H108O18S3. The standard InChI is InChI=1S/2C19H32O6S.C17H28O6S.C6H12.CH4/c2*1-5-6-7-8-9-10-15-18(2,24-15)17-16(22-3)14(25-26(4,20)21)11-12-19(17)13-23-19;1-11(2)6-7-13-16(3,22-13)15-14(20-4)12(23-24(5,18)19)8-9-17(15)10-21-17;1-3-5-6-4-2;/h2*8-9,14-17H,5-7,10-13H2,1-4H3;6,12-15H,7-10H2,1-5H3;3H,1,4-6H2,2H3;1H4/b2*9-8+;;;/t2*14-,15-,16-,17-,18+,19+;12-,13-,14-,15-,16+,17+;;/m111../s1. The first-order valence-electron chi connectivity index (χ1n) is 30.3. The summed E-state index contributed by atoms with van der Waals surface area (Å²) in [6.07, 6.45) is 31.5. The highest BCUT2D eigenvalue weighted by atomic mass is 32.2. The molecule has 9 fully saturated rings. The molecule has 0 aromatic carbocycles. The van der Waals surface area contributed by atoms with E-state index in [1.807, 2.05) is 6.08 Å². The zero-order valence-corrected chi connectivity index (χ0v) is 54.5. The summed E-state index contributed by atoms with van der Waals surface area (Å²) in [5.41, 5.74) is -0.622. The Bertz CT molecular complexity index is 2390. The van der Waals surface area contributed by atoms with Crippen molar-refractivity contribution in [2.75, 3.05) is 59.9 Å². The van der Waals surface area contributed by atoms with Gasteiger partial charge in [0.2, 0.25) is 0 Å². The maximum absolute atomic E-state index is 11.7. The lowest BCUT2D eigenvalue weighted by atomic mass is 9.68. The topological polar surface area (TPSA) is 233 Å². The molecule has 18 nitrogen and oxygen atoms in total. The zero-order chi connectivity index (χ0) is 60.6. The molecule has 6 saturated heterocycles. The molecule has 0 N–H and O–H groups in total. The quantitative estimate of drug-likeness (QED) is 0.0322. The van der Waals surface area contributed by atoms with Gasteiger partial charge in [0.25, 0.3) is 30.4 Å². The molecule has 0 radical (unpaired) electrons. The molecule has 9 rings (SSSR count). The number of methoxy groups -OCH3 is 3. The molecule has 0 unspecified atom stereocenters. The minimum Gasteiger partial charge on any atom is -0.378 e. The van der Waals surface area contributed by atoms with Crippen LogP contribution in [0.5, 0.6) is 0 Å². The van der Waals surface area contributed by atoms with Gasteiger partial charge in [0.1, 0.15) is 35.1 Å². The molecule has 9 aliphatic rings. The van der Waals surface area contributed by atoms with E-state index in [0.29, 0.717) is 39.1 Å². The van der Waals surface area contributed by atoms with Crippen LogP contribution >= 0.6 is 0 Å². The molecule has 18 atom stereocenters. The third kappa shape index (κ3) is 18.9. The minimum atomic E-state index is -3.54. The normalized spacial score (nSPS) is 40.0. The Balaban J connectivity index is 0.000000216. The molecule has 0 aromatic rings. The van der Waals surface area contributed by atoms with Gasteiger partial charge in [-0.15, -0.1) is 6.58 Å². The van der Waals surface area contributed by atoms with Gasteiger partial charge in [-0.3, -0.25) is 12.5 Å². The van der Waals surface area contributed by atoms with Crippen LogP contribution in [0.15, 0.2) is 48.6 Å². The maximum Gasteiger partial charge on any atom is 0.264 e. The van der Waals surface area contributed by atoms with Gasteiger partial charge in [-0.1, -0.05) is 109 Å². The van der Waals surface area contributed by atoms with E-state index < -0.39 is 48.7 Å². The third-order valence-electron chi connectivity index (χ3n) is 18.4. The highest BCUT2D eigenvalue weighted by molar-refractivity contribution is 7.86. The van der Waals surface area contributed by atoms with Crippen molar-refractivity contribution in [3.63, 3.8) is 0 Å². The summed E-state index contributed by atoms with van der Waals surface area (Å²) in [5.74, 6) is -0.102. The SMILES string of the molecule is C.C=CCCCC.CCCC/C=C/C[C@H]1O[C@]1(C)[C@H]1[C@H](OC)[C@H](OS(C)(=O)=O)CC[C@]12CO2.CCCC/C=C/C[C@H]1O[C@]1(C)[C@H]1[C@H](OC)[C@H](OS(C)(=O)=O)CC[C@]12CO2.CO[C@@H]1[C@H](OS(C)(=O)=O)CC[C@]2(CO2)[C@H]1[C@@]1(C)O[C@@H]1CC=C(C)C. The first-order chi connectivity index (χ1) is 38.5. The van der Waals surface area contributed by atoms with Crippen molar-refractivity contribution in [3.05, 3.63) is 48.6 Å². The Hall–Kier alpha value is -1.67. The molecule has 0 bridgehead atoms. The van der Waals surface area contributed by atoms with Gasteiger partial charge in [0, 0.05) is 21.3 Å². The number of hydrogen-bond acceptors (Lipinski definition) is 18. The lowest BCUT2D eigenvalue weighted by Gasteiger charge is -2.42. The van der Waals surface area contributed by atoms with Crippen LogP contribution in [0.1, 0.15) is 178 Å². The van der Waals surface area contributed by atoms with Crippen LogP contribution in [0.2, 0.25) is 0 Å². The van der Waals surface area contributed by atoms with E-state index in [0.717, 1.165) is 70.1 Å². The number of hydrogen-bond donors (Lipinski definition) is 0. The van der Waals surface area contributed by atoms with E-state index in [1.165, 1.54) is 50.5 Å². The Morgan fingerprint density at radius 1 is 0.506 bits per heavy atom. The molecular weight excluding hydrogens is 1130 g/mol. The highest BCUT2D eigenvalue weighted by Gasteiger charge is 2.75. The number of allylic oxidation sites excluding steroid dienone is 4. The first kappa shape index (κ1) is 72.1. The minimum absolute atomic E-state index is 0. The Morgan fingerprint density at radius 3 is 1.02 bits per heavy atom. The van der Waals surface area contributed by atoms with Crippen molar-refractivity contribution in [1.82, 2.24) is 0 Å². The van der Waals surface area contributed by atoms with Gasteiger partial charge < -0.3 is 42.6 Å². The fourth-order valence-electron chi connectivity index (χ4n) is 13.8. The van der Waals surface area contributed by atoms with Gasteiger partial charge >= 0.3 is 0 Å². The third-order valence-corrected chi connectivity index (χ3v) is 20.2. The summed E-state index contributed by atoms with van der Waals surface area (Å²) in [7, 11) is -5.79. The van der Waals surface area contributed by atoms with E-state index in [2.05, 4.69) is 92.3 Å². The number of epoxide rings is 6. The Labute approximate surface area is 501 Å². The monoisotopic (exact) mass is 1240 g/mol. The predicted octanol–water partition coefficient (Wildman–Crippen LogP) is 10.7. The fraction of sp³-hybridized carbons (Fsp3) is 0.871. The molecule has 3 spiro atoms. The van der Waals surface area contributed by atoms with E-state index >= 15 is 0 Å². The molecule has 21 heteroatoms. The first-order valence-corrected chi connectivity index (χ1v) is 35.7. The van der Waals surface area contributed by atoms with Crippen LogP contribution < -0.4 is 0 Å². The van der Waals surface area contributed by atoms with E-state index in [4.69, 9.17) is 55.2 Å². The van der Waals surface area contributed by atoms with Crippen molar-refractivity contribution < 1.29 is 80.4 Å². The van der Waals surface area contributed by atoms with Crippen LogP contribution in [0.4, 0.5) is 0 Å². The number of ether oxygens (including phenoxy) is 9. The average molecular weight is 1240 g/mol. The lowest BCUT2D eigenvalue weighted by molar-refractivity contribution is -0.105. The molecule has 0 amide bonds.